The Morgan fingerprint density at radius 2 is 1.75 bits per heavy atom. The summed E-state index contributed by atoms with van der Waals surface area (Å²) in [6.45, 7) is 6.69. The fourth-order valence-corrected chi connectivity index (χ4v) is 3.03. The van der Waals surface area contributed by atoms with E-state index in [0.29, 0.717) is 19.5 Å². The summed E-state index contributed by atoms with van der Waals surface area (Å²) in [6, 6.07) is 0. The van der Waals surface area contributed by atoms with Gasteiger partial charge < -0.3 is 20.1 Å². The Bertz CT molecular complexity index is 421. The summed E-state index contributed by atoms with van der Waals surface area (Å²) in [5.41, 5.74) is 4.58. The van der Waals surface area contributed by atoms with E-state index in [1.165, 1.54) is 7.11 Å². The number of rotatable bonds is 1. The van der Waals surface area contributed by atoms with Crippen molar-refractivity contribution in [1.82, 2.24) is 4.90 Å². The highest BCUT2D eigenvalue weighted by Crippen LogP contribution is 2.61. The molecule has 20 heavy (non-hydrogen) atoms. The van der Waals surface area contributed by atoms with Crippen molar-refractivity contribution in [3.8, 4) is 0 Å². The van der Waals surface area contributed by atoms with Gasteiger partial charge in [0.25, 0.3) is 0 Å². The number of likely N-dealkylation sites (tertiary alicyclic amines) is 1. The first-order valence-corrected chi connectivity index (χ1v) is 6.99. The van der Waals surface area contributed by atoms with Crippen LogP contribution in [0.3, 0.4) is 0 Å². The highest BCUT2D eigenvalue weighted by Gasteiger charge is 2.70. The van der Waals surface area contributed by atoms with Gasteiger partial charge in [0, 0.05) is 18.5 Å². The molecule has 6 heteroatoms. The number of methoxy groups -OCH3 is 1. The lowest BCUT2D eigenvalue weighted by molar-refractivity contribution is -0.144. The molecule has 1 atom stereocenters. The summed E-state index contributed by atoms with van der Waals surface area (Å²) in [5.74, 6) is -0.344. The predicted octanol–water partition coefficient (Wildman–Crippen LogP) is 1.28. The van der Waals surface area contributed by atoms with Crippen molar-refractivity contribution in [2.75, 3.05) is 20.2 Å². The Labute approximate surface area is 119 Å². The van der Waals surface area contributed by atoms with Crippen LogP contribution < -0.4 is 5.73 Å². The topological polar surface area (TPSA) is 81.9 Å². The standard InChI is InChI=1S/C14H24N2O4/c1-12(2,3)20-11(18)16-7-5-13(6-8-16)9-14(13,15)10(17)19-4/h5-9,15H2,1-4H3. The first kappa shape index (κ1) is 15.1. The number of hydrogen-bond acceptors (Lipinski definition) is 5. The van der Waals surface area contributed by atoms with Gasteiger partial charge in [-0.05, 0) is 40.0 Å². The number of carbonyl (C=O) groups excluding carboxylic acids is 2. The summed E-state index contributed by atoms with van der Waals surface area (Å²) >= 11 is 0. The van der Waals surface area contributed by atoms with Crippen molar-refractivity contribution < 1.29 is 19.1 Å². The van der Waals surface area contributed by atoms with Crippen molar-refractivity contribution >= 4 is 12.1 Å². The van der Waals surface area contributed by atoms with E-state index < -0.39 is 11.1 Å². The third-order valence-electron chi connectivity index (χ3n) is 4.36. The van der Waals surface area contributed by atoms with Crippen LogP contribution in [0.5, 0.6) is 0 Å². The van der Waals surface area contributed by atoms with E-state index in [1.807, 2.05) is 20.8 Å². The average Bonchev–Trinajstić information content (AvgIpc) is 2.92. The molecule has 1 saturated carbocycles. The summed E-state index contributed by atoms with van der Waals surface area (Å²) in [5, 5.41) is 0. The molecule has 1 aliphatic heterocycles. The molecule has 1 spiro atoms. The van der Waals surface area contributed by atoms with Crippen molar-refractivity contribution in [1.29, 1.82) is 0 Å². The van der Waals surface area contributed by atoms with Gasteiger partial charge in [0.1, 0.15) is 11.1 Å². The Morgan fingerprint density at radius 3 is 2.20 bits per heavy atom. The van der Waals surface area contributed by atoms with Crippen molar-refractivity contribution in [2.24, 2.45) is 11.1 Å². The number of esters is 1. The van der Waals surface area contributed by atoms with Gasteiger partial charge in [0.05, 0.1) is 7.11 Å². The molecule has 1 amide bonds. The number of nitrogens with zero attached hydrogens (tertiary/aromatic N) is 1. The fraction of sp³-hybridized carbons (Fsp3) is 0.857. The van der Waals surface area contributed by atoms with Gasteiger partial charge in [0.15, 0.2) is 0 Å². The van der Waals surface area contributed by atoms with E-state index >= 15 is 0 Å². The van der Waals surface area contributed by atoms with Crippen LogP contribution in [-0.2, 0) is 14.3 Å². The van der Waals surface area contributed by atoms with Crippen molar-refractivity contribution in [2.45, 2.75) is 51.2 Å². The normalized spacial score (nSPS) is 28.1. The lowest BCUT2D eigenvalue weighted by Crippen LogP contribution is -2.47. The zero-order chi connectivity index (χ0) is 15.2. The molecule has 2 aliphatic rings. The number of amides is 1. The third kappa shape index (κ3) is 2.49. The Kier molecular flexibility index (Phi) is 3.48. The minimum Gasteiger partial charge on any atom is -0.468 e. The third-order valence-corrected chi connectivity index (χ3v) is 4.36. The highest BCUT2D eigenvalue weighted by molar-refractivity contribution is 5.86. The van der Waals surface area contributed by atoms with E-state index in [-0.39, 0.29) is 17.5 Å². The Hall–Kier alpha value is -1.30. The van der Waals surface area contributed by atoms with E-state index in [4.69, 9.17) is 15.2 Å². The number of nitrogens with two attached hydrogens (primary N) is 1. The molecule has 0 aromatic rings. The van der Waals surface area contributed by atoms with Gasteiger partial charge in [-0.25, -0.2) is 4.79 Å². The Balaban J connectivity index is 1.91. The van der Waals surface area contributed by atoms with Crippen LogP contribution in [-0.4, -0.2) is 48.3 Å². The molecule has 0 radical (unpaired) electrons. The molecule has 2 N–H and O–H groups in total. The molecule has 1 saturated heterocycles. The van der Waals surface area contributed by atoms with Crippen LogP contribution in [0, 0.1) is 5.41 Å². The number of ether oxygens (including phenoxy) is 2. The predicted molar refractivity (Wildman–Crippen MR) is 73.0 cm³/mol. The van der Waals surface area contributed by atoms with Gasteiger partial charge >= 0.3 is 12.1 Å². The first-order valence-electron chi connectivity index (χ1n) is 6.99. The summed E-state index contributed by atoms with van der Waals surface area (Å²) in [7, 11) is 1.36. The SMILES string of the molecule is COC(=O)C1(N)CC12CCN(C(=O)OC(C)(C)C)CC2. The van der Waals surface area contributed by atoms with Crippen LogP contribution in [0.1, 0.15) is 40.0 Å². The minimum atomic E-state index is -0.859. The maximum Gasteiger partial charge on any atom is 0.410 e. The molecule has 2 rings (SSSR count). The monoisotopic (exact) mass is 284 g/mol. The highest BCUT2D eigenvalue weighted by atomic mass is 16.6. The van der Waals surface area contributed by atoms with Gasteiger partial charge in [-0.2, -0.15) is 0 Å². The smallest absolute Gasteiger partial charge is 0.410 e. The van der Waals surface area contributed by atoms with E-state index in [2.05, 4.69) is 0 Å². The molecule has 6 nitrogen and oxygen atoms in total. The summed E-state index contributed by atoms with van der Waals surface area (Å²) in [4.78, 5) is 25.4. The summed E-state index contributed by atoms with van der Waals surface area (Å²) in [6.07, 6.45) is 1.79. The quantitative estimate of drug-likeness (QED) is 0.733. The lowest BCUT2D eigenvalue weighted by Gasteiger charge is -2.35. The van der Waals surface area contributed by atoms with Crippen LogP contribution in [0.25, 0.3) is 0 Å². The molecule has 0 aromatic heterocycles. The molecular weight excluding hydrogens is 260 g/mol. The molecule has 1 aliphatic carbocycles. The molecule has 1 unspecified atom stereocenters. The maximum atomic E-state index is 12.0. The number of piperidine rings is 1. The zero-order valence-corrected chi connectivity index (χ0v) is 12.7. The largest absolute Gasteiger partial charge is 0.468 e. The first-order chi connectivity index (χ1) is 9.13. The second kappa shape index (κ2) is 4.62. The molecule has 114 valence electrons. The fourth-order valence-electron chi connectivity index (χ4n) is 3.03. The average molecular weight is 284 g/mol. The maximum absolute atomic E-state index is 12.0. The second-order valence-corrected chi connectivity index (χ2v) is 6.89. The molecule has 2 fully saturated rings. The van der Waals surface area contributed by atoms with E-state index in [9.17, 15) is 9.59 Å². The minimum absolute atomic E-state index is 0.196. The van der Waals surface area contributed by atoms with Crippen molar-refractivity contribution in [3.05, 3.63) is 0 Å². The molecule has 0 bridgehead atoms. The second-order valence-electron chi connectivity index (χ2n) is 6.89. The van der Waals surface area contributed by atoms with Crippen LogP contribution in [0.15, 0.2) is 0 Å². The van der Waals surface area contributed by atoms with E-state index in [1.54, 1.807) is 4.90 Å². The van der Waals surface area contributed by atoms with Gasteiger partial charge in [-0.3, -0.25) is 4.79 Å². The zero-order valence-electron chi connectivity index (χ0n) is 12.7. The summed E-state index contributed by atoms with van der Waals surface area (Å²) < 4.78 is 10.1. The van der Waals surface area contributed by atoms with Gasteiger partial charge in [-0.1, -0.05) is 0 Å². The van der Waals surface area contributed by atoms with Crippen LogP contribution in [0.2, 0.25) is 0 Å². The van der Waals surface area contributed by atoms with Gasteiger partial charge in [0.2, 0.25) is 0 Å². The molecular formula is C14H24N2O4. The molecule has 0 aromatic carbocycles. The van der Waals surface area contributed by atoms with Gasteiger partial charge in [-0.15, -0.1) is 0 Å². The lowest BCUT2D eigenvalue weighted by atomic mass is 9.88. The number of hydrogen-bond donors (Lipinski definition) is 1. The van der Waals surface area contributed by atoms with Crippen LogP contribution in [0.4, 0.5) is 4.79 Å². The van der Waals surface area contributed by atoms with E-state index in [0.717, 1.165) is 12.8 Å². The molecule has 1 heterocycles. The van der Waals surface area contributed by atoms with Crippen LogP contribution >= 0.6 is 0 Å². The Morgan fingerprint density at radius 1 is 1.20 bits per heavy atom. The number of carbonyl (C=O) groups is 2. The van der Waals surface area contributed by atoms with Crippen molar-refractivity contribution in [3.63, 3.8) is 0 Å².